The molecular formula is C8H8NO3W2-3. The molecule has 0 aliphatic heterocycles. The number of hydrogen-bond acceptors (Lipinski definition) is 3. The predicted octanol–water partition coefficient (Wildman–Crippen LogP) is 1.28. The molecule has 0 aromatic heterocycles. The maximum atomic E-state index is 9.09. The number of carbonyl (C=O) groups excluding carboxylic acids is 2. The van der Waals surface area contributed by atoms with Crippen molar-refractivity contribution < 1.29 is 48.3 Å². The molecule has 1 rings (SSSR count). The largest absolute Gasteiger partial charge is 0.577 e. The van der Waals surface area contributed by atoms with E-state index in [1.165, 1.54) is 8.53 Å². The minimum Gasteiger partial charge on any atom is -0.577 e. The summed E-state index contributed by atoms with van der Waals surface area (Å²) in [4.78, 5) is 25.4. The molecular weight excluding hydrogens is 526 g/mol. The van der Waals surface area contributed by atoms with Gasteiger partial charge in [-0.3, -0.25) is 6.08 Å². The zero-order valence-corrected chi connectivity index (χ0v) is 13.3. The van der Waals surface area contributed by atoms with E-state index in [1.54, 1.807) is 0 Å². The van der Waals surface area contributed by atoms with Crippen LogP contribution in [0.15, 0.2) is 18.2 Å². The van der Waals surface area contributed by atoms with Crippen molar-refractivity contribution in [3.63, 3.8) is 0 Å². The van der Waals surface area contributed by atoms with Crippen LogP contribution in [-0.2, 0) is 48.3 Å². The van der Waals surface area contributed by atoms with Crippen molar-refractivity contribution in [2.24, 2.45) is 0 Å². The molecule has 4 nitrogen and oxygen atoms in total. The molecule has 0 saturated carbocycles. The van der Waals surface area contributed by atoms with E-state index in [4.69, 9.17) is 20.1 Å². The summed E-state index contributed by atoms with van der Waals surface area (Å²) >= 11 is -1.37. The topological polar surface area (TPSA) is 73.5 Å². The normalized spacial score (nSPS) is 8.00. The van der Waals surface area contributed by atoms with E-state index < -0.39 is 17.6 Å². The van der Waals surface area contributed by atoms with Gasteiger partial charge in [0.15, 0.2) is 0 Å². The Morgan fingerprint density at radius 3 is 1.86 bits per heavy atom. The third-order valence-corrected chi connectivity index (χ3v) is 1.27. The number of nitrogens with zero attached hydrogens (tertiary/aromatic N) is 1. The Kier molecular flexibility index (Phi) is 49.1. The van der Waals surface area contributed by atoms with E-state index in [1.807, 2.05) is 12.2 Å². The van der Waals surface area contributed by atoms with Gasteiger partial charge in [0.2, 0.25) is 0 Å². The fraction of sp³-hybridized carbons (Fsp3) is 0.125. The molecule has 0 bridgehead atoms. The molecule has 78 valence electrons. The first-order valence-corrected chi connectivity index (χ1v) is 5.65. The monoisotopic (exact) mass is 534 g/mol. The molecule has 14 heavy (non-hydrogen) atoms. The van der Waals surface area contributed by atoms with Gasteiger partial charge in [0.25, 0.3) is 0 Å². The van der Waals surface area contributed by atoms with Crippen LogP contribution >= 0.6 is 0 Å². The van der Waals surface area contributed by atoms with Crippen LogP contribution in [0.1, 0.15) is 6.42 Å². The van der Waals surface area contributed by atoms with Gasteiger partial charge in [-0.1, -0.05) is 0 Å². The number of rotatable bonds is 0. The van der Waals surface area contributed by atoms with Crippen LogP contribution in [0, 0.1) is 18.4 Å². The zero-order valence-electron chi connectivity index (χ0n) is 7.43. The van der Waals surface area contributed by atoms with E-state index in [0.717, 1.165) is 6.42 Å². The molecule has 0 spiro atoms. The Hall–Kier alpha value is -0.383. The quantitative estimate of drug-likeness (QED) is 0.441. The summed E-state index contributed by atoms with van der Waals surface area (Å²) in [6.45, 7) is 0. The van der Waals surface area contributed by atoms with Crippen molar-refractivity contribution in [2.75, 3.05) is 0 Å². The predicted molar refractivity (Wildman–Crippen MR) is 46.1 cm³/mol. The van der Waals surface area contributed by atoms with Crippen molar-refractivity contribution in [1.29, 1.82) is 0 Å². The summed E-state index contributed by atoms with van der Waals surface area (Å²) in [5.41, 5.74) is 5.75. The second-order valence-electron chi connectivity index (χ2n) is 1.27. The Bertz CT molecular complexity index is 238. The molecule has 0 aromatic rings. The summed E-state index contributed by atoms with van der Waals surface area (Å²) in [7, 11) is 0. The molecule has 0 unspecified atom stereocenters. The van der Waals surface area contributed by atoms with E-state index in [-0.39, 0.29) is 28.5 Å². The first kappa shape index (κ1) is 23.4. The van der Waals surface area contributed by atoms with Crippen LogP contribution in [-0.4, -0.2) is 8.53 Å². The van der Waals surface area contributed by atoms with Gasteiger partial charge in [0.1, 0.15) is 0 Å². The van der Waals surface area contributed by atoms with Gasteiger partial charge in [-0.15, -0.1) is 6.42 Å². The molecule has 0 atom stereocenters. The summed E-state index contributed by atoms with van der Waals surface area (Å²) in [6.07, 6.45) is 10.0. The fourth-order valence-corrected chi connectivity index (χ4v) is 0.479. The molecule has 0 radical (unpaired) electrons. The van der Waals surface area contributed by atoms with E-state index in [9.17, 15) is 0 Å². The maximum absolute atomic E-state index is 9.09. The number of nitroso groups, excluding NO2 is 1. The molecule has 1 aliphatic carbocycles. The third-order valence-electron chi connectivity index (χ3n) is 0.669. The second-order valence-corrected chi connectivity index (χ2v) is 3.20. The van der Waals surface area contributed by atoms with Crippen LogP contribution in [0.2, 0.25) is 0 Å². The Morgan fingerprint density at radius 2 is 1.79 bits per heavy atom. The van der Waals surface area contributed by atoms with Crippen LogP contribution in [0.5, 0.6) is 0 Å². The van der Waals surface area contributed by atoms with Crippen molar-refractivity contribution >= 4 is 8.53 Å². The third kappa shape index (κ3) is 29.9. The van der Waals surface area contributed by atoms with Crippen molar-refractivity contribution in [1.82, 2.24) is 0 Å². The van der Waals surface area contributed by atoms with Gasteiger partial charge in [-0.05, 0) is 0 Å². The van der Waals surface area contributed by atoms with Crippen molar-refractivity contribution in [2.45, 2.75) is 6.42 Å². The molecule has 0 saturated heterocycles. The summed E-state index contributed by atoms with van der Waals surface area (Å²) in [5, 5.41) is 0. The molecule has 0 heterocycles. The van der Waals surface area contributed by atoms with Gasteiger partial charge >= 0.3 is 35.8 Å². The summed E-state index contributed by atoms with van der Waals surface area (Å²) < 4.78 is 3.02. The maximum Gasteiger partial charge on any atom is 0 e. The second kappa shape index (κ2) is 29.3. The van der Waals surface area contributed by atoms with Crippen molar-refractivity contribution in [3.8, 4) is 0 Å². The standard InChI is InChI=1S/C5H5.2CO.CH3.NO.2W/c1-2-4-5-3-1;2*1-2;;1-2;;/h1-3H,4H2;;;1H3;;;/q-1;;;2*-1;;. The summed E-state index contributed by atoms with van der Waals surface area (Å²) in [5.74, 6) is 0. The van der Waals surface area contributed by atoms with Crippen LogP contribution < -0.4 is 0 Å². The van der Waals surface area contributed by atoms with Gasteiger partial charge in [-0.25, -0.2) is 12.2 Å². The van der Waals surface area contributed by atoms with E-state index >= 15 is 0 Å². The molecule has 6 heteroatoms. The van der Waals surface area contributed by atoms with Crippen molar-refractivity contribution in [3.05, 3.63) is 42.2 Å². The average molecular weight is 534 g/mol. The Morgan fingerprint density at radius 1 is 1.29 bits per heavy atom. The van der Waals surface area contributed by atoms with Gasteiger partial charge in [0, 0.05) is 21.1 Å². The molecule has 0 N–H and O–H groups in total. The first-order chi connectivity index (χ1) is 5.91. The Labute approximate surface area is 105 Å². The van der Waals surface area contributed by atoms with Gasteiger partial charge < -0.3 is 17.9 Å². The number of hydrogen-bond donors (Lipinski definition) is 0. The van der Waals surface area contributed by atoms with Gasteiger partial charge in [0.05, 0.1) is 0 Å². The Balaban J connectivity index is -0.0000000542. The van der Waals surface area contributed by atoms with E-state index in [2.05, 4.69) is 12.2 Å². The smallest absolute Gasteiger partial charge is 0 e. The van der Waals surface area contributed by atoms with Crippen LogP contribution in [0.4, 0.5) is 0 Å². The number of allylic oxidation sites excluding steroid dienone is 4. The van der Waals surface area contributed by atoms with E-state index in [0.29, 0.717) is 0 Å². The fourth-order valence-electron chi connectivity index (χ4n) is 0.357. The molecule has 0 amide bonds. The minimum absolute atomic E-state index is 0. The first-order valence-electron chi connectivity index (χ1n) is 2.72. The minimum atomic E-state index is -1.37. The SMILES string of the molecule is O=[C]=[W]=[C]=O.[C-]1=CC=CC1.[CH3-].[N-]=O.[W]. The van der Waals surface area contributed by atoms with Crippen LogP contribution in [0.25, 0.3) is 5.59 Å². The zero-order chi connectivity index (χ0) is 9.66. The summed E-state index contributed by atoms with van der Waals surface area (Å²) in [6, 6.07) is 0. The molecule has 1 aliphatic rings. The molecule has 0 aromatic carbocycles. The van der Waals surface area contributed by atoms with Gasteiger partial charge in [-0.2, -0.15) is 6.08 Å². The average Bonchev–Trinajstić information content (AvgIpc) is 2.67. The van der Waals surface area contributed by atoms with Crippen LogP contribution in [0.3, 0.4) is 0 Å². The molecule has 0 fully saturated rings.